The number of nitrogens with zero attached hydrogens (tertiary/aromatic N) is 1. The molecule has 166 valence electrons. The van der Waals surface area contributed by atoms with Gasteiger partial charge in [0, 0.05) is 37.1 Å². The van der Waals surface area contributed by atoms with Gasteiger partial charge in [0.05, 0.1) is 5.56 Å². The summed E-state index contributed by atoms with van der Waals surface area (Å²) >= 11 is 0. The van der Waals surface area contributed by atoms with Gasteiger partial charge in [-0.05, 0) is 61.6 Å². The van der Waals surface area contributed by atoms with Gasteiger partial charge in [-0.3, -0.25) is 9.59 Å². The molecule has 2 amide bonds. The first kappa shape index (κ1) is 22.9. The Kier molecular flexibility index (Phi) is 8.10. The van der Waals surface area contributed by atoms with E-state index in [1.807, 2.05) is 55.4 Å². The van der Waals surface area contributed by atoms with Crippen molar-refractivity contribution >= 4 is 23.2 Å². The number of hydrogen-bond acceptors (Lipinski definition) is 3. The van der Waals surface area contributed by atoms with Crippen molar-refractivity contribution in [1.82, 2.24) is 5.32 Å². The van der Waals surface area contributed by atoms with Gasteiger partial charge in [0.15, 0.2) is 0 Å². The van der Waals surface area contributed by atoms with E-state index in [4.69, 9.17) is 0 Å². The number of aryl methyl sites for hydroxylation is 1. The van der Waals surface area contributed by atoms with Crippen LogP contribution in [-0.4, -0.2) is 32.0 Å². The van der Waals surface area contributed by atoms with E-state index in [1.54, 1.807) is 6.07 Å². The highest BCUT2D eigenvalue weighted by molar-refractivity contribution is 6.06. The van der Waals surface area contributed by atoms with E-state index in [1.165, 1.54) is 24.8 Å². The summed E-state index contributed by atoms with van der Waals surface area (Å²) < 4.78 is 0. The Morgan fingerprint density at radius 3 is 2.32 bits per heavy atom. The molecular formula is C26H35N3O2. The Hall–Kier alpha value is -2.82. The fraction of sp³-hybridized carbons (Fsp3) is 0.462. The van der Waals surface area contributed by atoms with Crippen LogP contribution in [0.5, 0.6) is 0 Å². The second-order valence-corrected chi connectivity index (χ2v) is 8.69. The fourth-order valence-corrected chi connectivity index (χ4v) is 4.10. The zero-order valence-corrected chi connectivity index (χ0v) is 19.0. The van der Waals surface area contributed by atoms with Gasteiger partial charge in [-0.2, -0.15) is 0 Å². The Morgan fingerprint density at radius 2 is 1.68 bits per heavy atom. The maximum absolute atomic E-state index is 13.0. The molecular weight excluding hydrogens is 386 g/mol. The van der Waals surface area contributed by atoms with E-state index >= 15 is 0 Å². The summed E-state index contributed by atoms with van der Waals surface area (Å²) in [6, 6.07) is 13.5. The summed E-state index contributed by atoms with van der Waals surface area (Å²) in [4.78, 5) is 27.7. The average Bonchev–Trinajstić information content (AvgIpc) is 2.78. The minimum absolute atomic E-state index is 0.0769. The number of rotatable bonds is 8. The molecule has 0 saturated heterocycles. The average molecular weight is 422 g/mol. The van der Waals surface area contributed by atoms with Crippen LogP contribution in [0.15, 0.2) is 42.5 Å². The summed E-state index contributed by atoms with van der Waals surface area (Å²) in [5.41, 5.74) is 3.91. The molecule has 31 heavy (non-hydrogen) atoms. The van der Waals surface area contributed by atoms with E-state index in [0.717, 1.165) is 37.8 Å². The lowest BCUT2D eigenvalue weighted by Crippen LogP contribution is -2.36. The first-order valence-corrected chi connectivity index (χ1v) is 11.5. The summed E-state index contributed by atoms with van der Waals surface area (Å²) in [5, 5.41) is 6.14. The number of anilines is 2. The van der Waals surface area contributed by atoms with Gasteiger partial charge < -0.3 is 15.5 Å². The Morgan fingerprint density at radius 1 is 0.968 bits per heavy atom. The standard InChI is InChI=1S/C26H35N3O2/c1-4-5-9-19-12-14-20(15-13-19)25(30)28-22-16-17-24(29(2)3)23(18-22)26(31)27-21-10-7-6-8-11-21/h12-18,21H,4-11H2,1-3H3,(H,27,31)(H,28,30). The molecule has 5 nitrogen and oxygen atoms in total. The van der Waals surface area contributed by atoms with Crippen molar-refractivity contribution in [1.29, 1.82) is 0 Å². The van der Waals surface area contributed by atoms with Crippen LogP contribution in [0.1, 0.15) is 78.1 Å². The number of nitrogens with one attached hydrogen (secondary N) is 2. The van der Waals surface area contributed by atoms with Crippen LogP contribution in [0.3, 0.4) is 0 Å². The highest BCUT2D eigenvalue weighted by atomic mass is 16.2. The topological polar surface area (TPSA) is 61.4 Å². The normalized spacial score (nSPS) is 14.2. The highest BCUT2D eigenvalue weighted by Crippen LogP contribution is 2.25. The van der Waals surface area contributed by atoms with E-state index in [2.05, 4.69) is 17.6 Å². The largest absolute Gasteiger partial charge is 0.377 e. The molecule has 0 radical (unpaired) electrons. The number of carbonyl (C=O) groups is 2. The quantitative estimate of drug-likeness (QED) is 0.599. The third-order valence-corrected chi connectivity index (χ3v) is 5.96. The number of carbonyl (C=O) groups excluding carboxylic acids is 2. The molecule has 0 heterocycles. The lowest BCUT2D eigenvalue weighted by Gasteiger charge is -2.24. The molecule has 5 heteroatoms. The molecule has 1 aliphatic rings. The zero-order chi connectivity index (χ0) is 22.2. The van der Waals surface area contributed by atoms with Crippen molar-refractivity contribution < 1.29 is 9.59 Å². The molecule has 0 bridgehead atoms. The molecule has 0 unspecified atom stereocenters. The van der Waals surface area contributed by atoms with Gasteiger partial charge in [-0.15, -0.1) is 0 Å². The van der Waals surface area contributed by atoms with Crippen molar-refractivity contribution in [2.75, 3.05) is 24.3 Å². The van der Waals surface area contributed by atoms with E-state index < -0.39 is 0 Å². The van der Waals surface area contributed by atoms with Gasteiger partial charge in [0.1, 0.15) is 0 Å². The van der Waals surface area contributed by atoms with Gasteiger partial charge in [-0.1, -0.05) is 44.7 Å². The van der Waals surface area contributed by atoms with Gasteiger partial charge >= 0.3 is 0 Å². The number of benzene rings is 2. The molecule has 2 aromatic rings. The first-order chi connectivity index (χ1) is 15.0. The Labute approximate surface area is 186 Å². The van der Waals surface area contributed by atoms with Gasteiger partial charge in [0.25, 0.3) is 11.8 Å². The van der Waals surface area contributed by atoms with E-state index in [-0.39, 0.29) is 17.9 Å². The van der Waals surface area contributed by atoms with Crippen LogP contribution >= 0.6 is 0 Å². The van der Waals surface area contributed by atoms with Crippen molar-refractivity contribution in [3.05, 3.63) is 59.2 Å². The lowest BCUT2D eigenvalue weighted by molar-refractivity contribution is 0.0927. The Bertz CT molecular complexity index is 884. The zero-order valence-electron chi connectivity index (χ0n) is 19.0. The molecule has 1 aliphatic carbocycles. The second kappa shape index (κ2) is 11.0. The van der Waals surface area contributed by atoms with Crippen molar-refractivity contribution in [3.63, 3.8) is 0 Å². The first-order valence-electron chi connectivity index (χ1n) is 11.5. The van der Waals surface area contributed by atoms with Crippen LogP contribution in [0.25, 0.3) is 0 Å². The molecule has 0 spiro atoms. The Balaban J connectivity index is 1.73. The molecule has 1 fully saturated rings. The monoisotopic (exact) mass is 421 g/mol. The van der Waals surface area contributed by atoms with Crippen molar-refractivity contribution in [2.45, 2.75) is 64.3 Å². The molecule has 0 aromatic heterocycles. The molecule has 0 atom stereocenters. The predicted octanol–water partition coefficient (Wildman–Crippen LogP) is 5.41. The maximum atomic E-state index is 13.0. The lowest BCUT2D eigenvalue weighted by atomic mass is 9.95. The van der Waals surface area contributed by atoms with Crippen LogP contribution in [0.2, 0.25) is 0 Å². The van der Waals surface area contributed by atoms with E-state index in [9.17, 15) is 9.59 Å². The maximum Gasteiger partial charge on any atom is 0.255 e. The van der Waals surface area contributed by atoms with Crippen LogP contribution in [0, 0.1) is 0 Å². The predicted molar refractivity (Wildman–Crippen MR) is 128 cm³/mol. The molecule has 0 aliphatic heterocycles. The molecule has 2 N–H and O–H groups in total. The number of hydrogen-bond donors (Lipinski definition) is 2. The minimum atomic E-state index is -0.168. The smallest absolute Gasteiger partial charge is 0.255 e. The second-order valence-electron chi connectivity index (χ2n) is 8.69. The summed E-state index contributed by atoms with van der Waals surface area (Å²) in [6.45, 7) is 2.17. The highest BCUT2D eigenvalue weighted by Gasteiger charge is 2.20. The SMILES string of the molecule is CCCCc1ccc(C(=O)Nc2ccc(N(C)C)c(C(=O)NC3CCCCC3)c2)cc1. The van der Waals surface area contributed by atoms with Crippen molar-refractivity contribution in [2.24, 2.45) is 0 Å². The van der Waals surface area contributed by atoms with Crippen molar-refractivity contribution in [3.8, 4) is 0 Å². The number of amides is 2. The van der Waals surface area contributed by atoms with E-state index in [0.29, 0.717) is 16.8 Å². The van der Waals surface area contributed by atoms with Gasteiger partial charge in [0.2, 0.25) is 0 Å². The van der Waals surface area contributed by atoms with Crippen LogP contribution in [-0.2, 0) is 6.42 Å². The molecule has 3 rings (SSSR count). The fourth-order valence-electron chi connectivity index (χ4n) is 4.10. The third kappa shape index (κ3) is 6.33. The summed E-state index contributed by atoms with van der Waals surface area (Å²) in [6.07, 6.45) is 8.98. The molecule has 1 saturated carbocycles. The van der Waals surface area contributed by atoms with Gasteiger partial charge in [-0.25, -0.2) is 0 Å². The summed E-state index contributed by atoms with van der Waals surface area (Å²) in [5.74, 6) is -0.245. The third-order valence-electron chi connectivity index (χ3n) is 5.96. The number of unbranched alkanes of at least 4 members (excludes halogenated alkanes) is 1. The minimum Gasteiger partial charge on any atom is -0.377 e. The van der Waals surface area contributed by atoms with Crippen LogP contribution in [0.4, 0.5) is 11.4 Å². The molecule has 2 aromatic carbocycles. The van der Waals surface area contributed by atoms with Crippen LogP contribution < -0.4 is 15.5 Å². The summed E-state index contributed by atoms with van der Waals surface area (Å²) in [7, 11) is 3.84.